The Bertz CT molecular complexity index is 300. The summed E-state index contributed by atoms with van der Waals surface area (Å²) in [6.07, 6.45) is 1.89. The highest BCUT2D eigenvalue weighted by molar-refractivity contribution is 5.68. The van der Waals surface area contributed by atoms with Crippen LogP contribution in [0.4, 0.5) is 4.79 Å². The number of likely N-dealkylation sites (tertiary alicyclic amines) is 2. The van der Waals surface area contributed by atoms with Gasteiger partial charge in [-0.1, -0.05) is 0 Å². The maximum Gasteiger partial charge on any atom is 0.410 e. The molecule has 0 saturated carbocycles. The molecule has 2 aliphatic heterocycles. The van der Waals surface area contributed by atoms with Gasteiger partial charge in [-0.15, -0.1) is 0 Å². The summed E-state index contributed by atoms with van der Waals surface area (Å²) in [5.74, 6) is 0. The lowest BCUT2D eigenvalue weighted by Crippen LogP contribution is -2.61. The molecule has 2 saturated heterocycles. The number of hydrogen-bond acceptors (Lipinski definition) is 4. The van der Waals surface area contributed by atoms with E-state index in [2.05, 4.69) is 4.90 Å². The molecule has 0 aliphatic carbocycles. The Hall–Kier alpha value is -0.810. The molecule has 0 spiro atoms. The van der Waals surface area contributed by atoms with E-state index in [1.807, 2.05) is 25.7 Å². The highest BCUT2D eigenvalue weighted by Crippen LogP contribution is 2.22. The zero-order valence-corrected chi connectivity index (χ0v) is 11.7. The first-order valence-corrected chi connectivity index (χ1v) is 6.83. The van der Waals surface area contributed by atoms with Gasteiger partial charge in [0, 0.05) is 38.3 Å². The molecule has 5 heteroatoms. The lowest BCUT2D eigenvalue weighted by Gasteiger charge is -2.45. The number of ether oxygens (including phenoxy) is 1. The average Bonchev–Trinajstić information content (AvgIpc) is 2.23. The third kappa shape index (κ3) is 3.36. The summed E-state index contributed by atoms with van der Waals surface area (Å²) >= 11 is 0. The van der Waals surface area contributed by atoms with Crippen molar-refractivity contribution in [2.45, 2.75) is 51.3 Å². The molecule has 1 amide bonds. The lowest BCUT2D eigenvalue weighted by molar-refractivity contribution is 0.00637. The summed E-state index contributed by atoms with van der Waals surface area (Å²) < 4.78 is 5.38. The molecule has 2 aliphatic rings. The molecule has 2 N–H and O–H groups in total. The normalized spacial score (nSPS) is 23.9. The quantitative estimate of drug-likeness (QED) is 0.760. The van der Waals surface area contributed by atoms with Gasteiger partial charge in [0.2, 0.25) is 0 Å². The van der Waals surface area contributed by atoms with Gasteiger partial charge in [0.05, 0.1) is 0 Å². The Morgan fingerprint density at radius 2 is 1.78 bits per heavy atom. The van der Waals surface area contributed by atoms with Crippen molar-refractivity contribution in [3.63, 3.8) is 0 Å². The molecule has 0 atom stereocenters. The van der Waals surface area contributed by atoms with Crippen molar-refractivity contribution in [2.24, 2.45) is 5.73 Å². The van der Waals surface area contributed by atoms with E-state index in [1.54, 1.807) is 0 Å². The van der Waals surface area contributed by atoms with E-state index in [-0.39, 0.29) is 6.09 Å². The summed E-state index contributed by atoms with van der Waals surface area (Å²) in [5, 5.41) is 0. The van der Waals surface area contributed by atoms with Crippen molar-refractivity contribution in [3.05, 3.63) is 0 Å². The van der Waals surface area contributed by atoms with E-state index < -0.39 is 5.60 Å². The van der Waals surface area contributed by atoms with Crippen molar-refractivity contribution in [3.8, 4) is 0 Å². The standard InChI is InChI=1S/C13H25N3O2/c1-13(2,3)18-12(17)15-6-4-11(5-7-15)16-8-10(14)9-16/h10-11H,4-9,14H2,1-3H3. The molecule has 0 unspecified atom stereocenters. The minimum Gasteiger partial charge on any atom is -0.444 e. The van der Waals surface area contributed by atoms with Gasteiger partial charge in [0.15, 0.2) is 0 Å². The van der Waals surface area contributed by atoms with E-state index in [4.69, 9.17) is 10.5 Å². The van der Waals surface area contributed by atoms with Crippen molar-refractivity contribution < 1.29 is 9.53 Å². The second-order valence-corrected chi connectivity index (χ2v) is 6.41. The summed E-state index contributed by atoms with van der Waals surface area (Å²) in [6.45, 7) is 9.32. The number of amides is 1. The minimum atomic E-state index is -0.405. The number of hydrogen-bond donors (Lipinski definition) is 1. The molecule has 0 aromatic heterocycles. The molecular formula is C13H25N3O2. The fraction of sp³-hybridized carbons (Fsp3) is 0.923. The third-order valence-electron chi connectivity index (χ3n) is 3.57. The zero-order chi connectivity index (χ0) is 13.3. The molecule has 0 radical (unpaired) electrons. The molecule has 5 nitrogen and oxygen atoms in total. The van der Waals surface area contributed by atoms with Gasteiger partial charge in [-0.25, -0.2) is 4.79 Å². The number of nitrogens with zero attached hydrogens (tertiary/aromatic N) is 2. The summed E-state index contributed by atoms with van der Waals surface area (Å²) in [5.41, 5.74) is 5.39. The second kappa shape index (κ2) is 5.05. The molecule has 2 rings (SSSR count). The minimum absolute atomic E-state index is 0.179. The number of nitrogens with two attached hydrogens (primary N) is 1. The molecule has 104 valence electrons. The highest BCUT2D eigenvalue weighted by Gasteiger charge is 2.34. The largest absolute Gasteiger partial charge is 0.444 e. The monoisotopic (exact) mass is 255 g/mol. The first-order chi connectivity index (χ1) is 8.35. The van der Waals surface area contributed by atoms with Crippen LogP contribution in [0.15, 0.2) is 0 Å². The van der Waals surface area contributed by atoms with Crippen LogP contribution in [-0.4, -0.2) is 59.8 Å². The first-order valence-electron chi connectivity index (χ1n) is 6.83. The highest BCUT2D eigenvalue weighted by atomic mass is 16.6. The van der Waals surface area contributed by atoms with Crippen LogP contribution >= 0.6 is 0 Å². The van der Waals surface area contributed by atoms with E-state index in [1.165, 1.54) is 0 Å². The predicted molar refractivity (Wildman–Crippen MR) is 70.4 cm³/mol. The second-order valence-electron chi connectivity index (χ2n) is 6.41. The molecule has 18 heavy (non-hydrogen) atoms. The van der Waals surface area contributed by atoms with Crippen LogP contribution in [0.2, 0.25) is 0 Å². The van der Waals surface area contributed by atoms with Gasteiger partial charge < -0.3 is 15.4 Å². The first kappa shape index (κ1) is 13.6. The molecule has 0 bridgehead atoms. The number of rotatable bonds is 1. The van der Waals surface area contributed by atoms with Crippen molar-refractivity contribution in [1.29, 1.82) is 0 Å². The third-order valence-corrected chi connectivity index (χ3v) is 3.57. The fourth-order valence-electron chi connectivity index (χ4n) is 2.59. The zero-order valence-electron chi connectivity index (χ0n) is 11.7. The topological polar surface area (TPSA) is 58.8 Å². The number of carbonyl (C=O) groups is 1. The van der Waals surface area contributed by atoms with Crippen LogP contribution < -0.4 is 5.73 Å². The van der Waals surface area contributed by atoms with Crippen molar-refractivity contribution in [1.82, 2.24) is 9.80 Å². The fourth-order valence-corrected chi connectivity index (χ4v) is 2.59. The molecular weight excluding hydrogens is 230 g/mol. The van der Waals surface area contributed by atoms with Crippen LogP contribution in [-0.2, 0) is 4.74 Å². The molecule has 0 aromatic rings. The van der Waals surface area contributed by atoms with Gasteiger partial charge in [-0.2, -0.15) is 0 Å². The number of piperidine rings is 1. The van der Waals surface area contributed by atoms with Gasteiger partial charge >= 0.3 is 6.09 Å². The summed E-state index contributed by atoms with van der Waals surface area (Å²) in [6, 6.07) is 0.956. The summed E-state index contributed by atoms with van der Waals surface area (Å²) in [7, 11) is 0. The number of carbonyl (C=O) groups excluding carboxylic acids is 1. The Morgan fingerprint density at radius 3 is 2.22 bits per heavy atom. The predicted octanol–water partition coefficient (Wildman–Crippen LogP) is 1.03. The van der Waals surface area contributed by atoms with Crippen LogP contribution in [0.3, 0.4) is 0 Å². The van der Waals surface area contributed by atoms with Crippen LogP contribution in [0.1, 0.15) is 33.6 Å². The smallest absolute Gasteiger partial charge is 0.410 e. The van der Waals surface area contributed by atoms with Crippen LogP contribution in [0, 0.1) is 0 Å². The molecule has 2 fully saturated rings. The van der Waals surface area contributed by atoms with Gasteiger partial charge in [0.25, 0.3) is 0 Å². The maximum absolute atomic E-state index is 11.9. The van der Waals surface area contributed by atoms with Crippen LogP contribution in [0.5, 0.6) is 0 Å². The summed E-state index contributed by atoms with van der Waals surface area (Å²) in [4.78, 5) is 16.1. The van der Waals surface area contributed by atoms with Gasteiger partial charge in [-0.05, 0) is 33.6 Å². The van der Waals surface area contributed by atoms with E-state index in [0.717, 1.165) is 39.0 Å². The van der Waals surface area contributed by atoms with Crippen molar-refractivity contribution >= 4 is 6.09 Å². The van der Waals surface area contributed by atoms with Gasteiger partial charge in [-0.3, -0.25) is 4.90 Å². The van der Waals surface area contributed by atoms with E-state index in [9.17, 15) is 4.79 Å². The SMILES string of the molecule is CC(C)(C)OC(=O)N1CCC(N2CC(N)C2)CC1. The van der Waals surface area contributed by atoms with Crippen LogP contribution in [0.25, 0.3) is 0 Å². The Kier molecular flexibility index (Phi) is 3.82. The Labute approximate surface area is 109 Å². The van der Waals surface area contributed by atoms with Crippen molar-refractivity contribution in [2.75, 3.05) is 26.2 Å². The van der Waals surface area contributed by atoms with E-state index in [0.29, 0.717) is 12.1 Å². The maximum atomic E-state index is 11.9. The van der Waals surface area contributed by atoms with Gasteiger partial charge in [0.1, 0.15) is 5.60 Å². The lowest BCUT2D eigenvalue weighted by atomic mass is 9.98. The van der Waals surface area contributed by atoms with E-state index >= 15 is 0 Å². The molecule has 2 heterocycles. The Morgan fingerprint density at radius 1 is 1.22 bits per heavy atom. The Balaban J connectivity index is 1.74. The average molecular weight is 255 g/mol. The molecule has 0 aromatic carbocycles.